The predicted molar refractivity (Wildman–Crippen MR) is 58.8 cm³/mol. The van der Waals surface area contributed by atoms with Crippen molar-refractivity contribution in [2.24, 2.45) is 0 Å². The van der Waals surface area contributed by atoms with Crippen molar-refractivity contribution >= 4 is 15.9 Å². The van der Waals surface area contributed by atoms with Crippen molar-refractivity contribution in [1.29, 1.82) is 0 Å². The largest absolute Gasteiger partial charge is 0.492 e. The van der Waals surface area contributed by atoms with Crippen molar-refractivity contribution in [3.05, 3.63) is 24.1 Å². The summed E-state index contributed by atoms with van der Waals surface area (Å²) in [5.41, 5.74) is 0. The van der Waals surface area contributed by atoms with E-state index in [0.717, 1.165) is 5.76 Å². The highest BCUT2D eigenvalue weighted by Crippen LogP contribution is 2.11. The number of allylic oxidation sites excluding steroid dienone is 1. The van der Waals surface area contributed by atoms with E-state index in [4.69, 9.17) is 4.74 Å². The van der Waals surface area contributed by atoms with Gasteiger partial charge in [-0.25, -0.2) is 4.39 Å². The molecule has 0 amide bonds. The maximum atomic E-state index is 12.8. The number of hydrogen-bond donors (Lipinski definition) is 1. The Hall–Kier alpha value is -0.510. The molecule has 0 aliphatic carbocycles. The second-order valence-corrected chi connectivity index (χ2v) is 4.10. The van der Waals surface area contributed by atoms with Gasteiger partial charge in [0.05, 0.1) is 6.61 Å². The molecule has 0 saturated heterocycles. The molecule has 14 heavy (non-hydrogen) atoms. The molecule has 2 unspecified atom stereocenters. The fourth-order valence-corrected chi connectivity index (χ4v) is 1.33. The molecule has 0 saturated carbocycles. The number of rotatable bonds is 5. The lowest BCUT2D eigenvalue weighted by Gasteiger charge is -2.14. The van der Waals surface area contributed by atoms with Crippen molar-refractivity contribution in [3.63, 3.8) is 0 Å². The SMILES string of the molecule is CCC(F)CCOC1=CNC(Br)C=C1. The number of alkyl halides is 2. The van der Waals surface area contributed by atoms with Gasteiger partial charge in [0.2, 0.25) is 0 Å². The first-order chi connectivity index (χ1) is 6.72. The van der Waals surface area contributed by atoms with Gasteiger partial charge in [0.1, 0.15) is 16.9 Å². The van der Waals surface area contributed by atoms with Gasteiger partial charge >= 0.3 is 0 Å². The normalized spacial score (nSPS) is 22.5. The zero-order valence-electron chi connectivity index (χ0n) is 8.17. The standard InChI is InChI=1S/C10H15BrFNO/c1-2-8(12)5-6-14-9-3-4-10(11)13-7-9/h3-4,7-8,10,13H,2,5-6H2,1H3. The van der Waals surface area contributed by atoms with E-state index in [2.05, 4.69) is 21.2 Å². The Morgan fingerprint density at radius 3 is 3.07 bits per heavy atom. The number of hydrogen-bond acceptors (Lipinski definition) is 2. The summed E-state index contributed by atoms with van der Waals surface area (Å²) in [5, 5.41) is 3.03. The van der Waals surface area contributed by atoms with Crippen molar-refractivity contribution in [1.82, 2.24) is 5.32 Å². The van der Waals surface area contributed by atoms with Crippen LogP contribution in [0.1, 0.15) is 19.8 Å². The highest BCUT2D eigenvalue weighted by atomic mass is 79.9. The highest BCUT2D eigenvalue weighted by molar-refractivity contribution is 9.09. The minimum absolute atomic E-state index is 0.166. The fourth-order valence-electron chi connectivity index (χ4n) is 1.04. The summed E-state index contributed by atoms with van der Waals surface area (Å²) in [6.45, 7) is 2.27. The molecule has 2 nitrogen and oxygen atoms in total. The lowest BCUT2D eigenvalue weighted by molar-refractivity contribution is 0.176. The minimum atomic E-state index is -0.750. The van der Waals surface area contributed by atoms with Gasteiger partial charge in [-0.05, 0) is 18.6 Å². The molecule has 4 heteroatoms. The third-order valence-corrected chi connectivity index (χ3v) is 2.53. The second kappa shape index (κ2) is 6.06. The quantitative estimate of drug-likeness (QED) is 0.609. The first-order valence-electron chi connectivity index (χ1n) is 4.77. The molecule has 0 aromatic heterocycles. The van der Waals surface area contributed by atoms with Gasteiger partial charge in [-0.1, -0.05) is 22.9 Å². The second-order valence-electron chi connectivity index (χ2n) is 3.12. The van der Waals surface area contributed by atoms with E-state index in [1.54, 1.807) is 6.20 Å². The van der Waals surface area contributed by atoms with Crippen molar-refractivity contribution in [2.75, 3.05) is 6.61 Å². The van der Waals surface area contributed by atoms with E-state index in [1.165, 1.54) is 0 Å². The summed E-state index contributed by atoms with van der Waals surface area (Å²) in [6, 6.07) is 0. The summed E-state index contributed by atoms with van der Waals surface area (Å²) in [7, 11) is 0. The first-order valence-corrected chi connectivity index (χ1v) is 5.69. The topological polar surface area (TPSA) is 21.3 Å². The summed E-state index contributed by atoms with van der Waals surface area (Å²) < 4.78 is 18.2. The molecule has 0 fully saturated rings. The van der Waals surface area contributed by atoms with Crippen molar-refractivity contribution in [3.8, 4) is 0 Å². The van der Waals surface area contributed by atoms with E-state index in [9.17, 15) is 4.39 Å². The third kappa shape index (κ3) is 4.13. The van der Waals surface area contributed by atoms with Crippen LogP contribution in [0, 0.1) is 0 Å². The molecule has 0 bridgehead atoms. The van der Waals surface area contributed by atoms with Gasteiger partial charge in [0, 0.05) is 12.6 Å². The summed E-state index contributed by atoms with van der Waals surface area (Å²) in [6.07, 6.45) is 5.84. The van der Waals surface area contributed by atoms with Crippen LogP contribution in [0.25, 0.3) is 0 Å². The zero-order chi connectivity index (χ0) is 10.4. The molecule has 0 aromatic rings. The van der Waals surface area contributed by atoms with Gasteiger partial charge in [-0.2, -0.15) is 0 Å². The number of nitrogens with one attached hydrogen (secondary N) is 1. The number of ether oxygens (including phenoxy) is 1. The van der Waals surface area contributed by atoms with Crippen LogP contribution in [-0.4, -0.2) is 17.7 Å². The molecule has 0 aromatic carbocycles. The molecule has 1 heterocycles. The monoisotopic (exact) mass is 263 g/mol. The van der Waals surface area contributed by atoms with Crippen LogP contribution in [0.3, 0.4) is 0 Å². The molecular weight excluding hydrogens is 249 g/mol. The van der Waals surface area contributed by atoms with Crippen LogP contribution >= 0.6 is 15.9 Å². The Morgan fingerprint density at radius 2 is 2.50 bits per heavy atom. The summed E-state index contributed by atoms with van der Waals surface area (Å²) in [4.78, 5) is 0.166. The van der Waals surface area contributed by atoms with Crippen LogP contribution < -0.4 is 5.32 Å². The van der Waals surface area contributed by atoms with Gasteiger partial charge in [0.25, 0.3) is 0 Å². The Morgan fingerprint density at radius 1 is 1.71 bits per heavy atom. The number of dihydropyridines is 1. The molecule has 1 N–H and O–H groups in total. The third-order valence-electron chi connectivity index (χ3n) is 1.96. The number of halogens is 2. The van der Waals surface area contributed by atoms with Gasteiger partial charge in [-0.3, -0.25) is 0 Å². The summed E-state index contributed by atoms with van der Waals surface area (Å²) >= 11 is 3.36. The molecule has 2 atom stereocenters. The Bertz CT molecular complexity index is 230. The van der Waals surface area contributed by atoms with Gasteiger partial charge in [-0.15, -0.1) is 0 Å². The lowest BCUT2D eigenvalue weighted by Crippen LogP contribution is -2.18. The molecule has 1 rings (SSSR count). The lowest BCUT2D eigenvalue weighted by atomic mass is 10.2. The first kappa shape index (κ1) is 11.6. The molecular formula is C10H15BrFNO. The van der Waals surface area contributed by atoms with E-state index >= 15 is 0 Å². The average molecular weight is 264 g/mol. The summed E-state index contributed by atoms with van der Waals surface area (Å²) in [5.74, 6) is 0.754. The zero-order valence-corrected chi connectivity index (χ0v) is 9.76. The smallest absolute Gasteiger partial charge is 0.134 e. The van der Waals surface area contributed by atoms with Crippen molar-refractivity contribution in [2.45, 2.75) is 30.9 Å². The van der Waals surface area contributed by atoms with Crippen LogP contribution in [0.15, 0.2) is 24.1 Å². The molecule has 0 spiro atoms. The fraction of sp³-hybridized carbons (Fsp3) is 0.600. The van der Waals surface area contributed by atoms with E-state index in [-0.39, 0.29) is 4.95 Å². The van der Waals surface area contributed by atoms with E-state index < -0.39 is 6.17 Å². The molecule has 0 radical (unpaired) electrons. The predicted octanol–water partition coefficient (Wildman–Crippen LogP) is 2.86. The van der Waals surface area contributed by atoms with Gasteiger partial charge < -0.3 is 10.1 Å². The van der Waals surface area contributed by atoms with E-state index in [0.29, 0.717) is 19.4 Å². The molecule has 80 valence electrons. The Kier molecular flexibility index (Phi) is 5.01. The Labute approximate surface area is 92.3 Å². The molecule has 1 aliphatic rings. The van der Waals surface area contributed by atoms with E-state index in [1.807, 2.05) is 19.1 Å². The van der Waals surface area contributed by atoms with Crippen LogP contribution in [0.2, 0.25) is 0 Å². The highest BCUT2D eigenvalue weighted by Gasteiger charge is 2.06. The minimum Gasteiger partial charge on any atom is -0.492 e. The maximum absolute atomic E-state index is 12.8. The average Bonchev–Trinajstić information content (AvgIpc) is 2.21. The van der Waals surface area contributed by atoms with Crippen molar-refractivity contribution < 1.29 is 9.13 Å². The molecule has 1 aliphatic heterocycles. The maximum Gasteiger partial charge on any atom is 0.134 e. The van der Waals surface area contributed by atoms with Crippen LogP contribution in [0.4, 0.5) is 4.39 Å². The van der Waals surface area contributed by atoms with Crippen LogP contribution in [0.5, 0.6) is 0 Å². The Balaban J connectivity index is 2.17. The van der Waals surface area contributed by atoms with Gasteiger partial charge in [0.15, 0.2) is 0 Å². The van der Waals surface area contributed by atoms with Crippen LogP contribution in [-0.2, 0) is 4.74 Å².